The first-order chi connectivity index (χ1) is 13.0. The fraction of sp³-hybridized carbons (Fsp3) is 0.333. The summed E-state index contributed by atoms with van der Waals surface area (Å²) in [5.41, 5.74) is 1.57. The lowest BCUT2D eigenvalue weighted by atomic mass is 9.95. The first-order valence-electron chi connectivity index (χ1n) is 9.19. The van der Waals surface area contributed by atoms with Gasteiger partial charge < -0.3 is 10.6 Å². The zero-order valence-corrected chi connectivity index (χ0v) is 16.9. The van der Waals surface area contributed by atoms with Crippen molar-refractivity contribution in [1.29, 1.82) is 0 Å². The number of para-hydroxylation sites is 1. The molecule has 2 N–H and O–H groups in total. The van der Waals surface area contributed by atoms with Crippen LogP contribution in [0, 0.1) is 5.92 Å². The number of anilines is 2. The SMILES string of the molecule is C[C@@H](C(=O)Nc1cccc(Br)c1)N1CCC[C@@H](C(=O)Nc2ccccc2)C1. The van der Waals surface area contributed by atoms with Gasteiger partial charge in [0.2, 0.25) is 11.8 Å². The average Bonchev–Trinajstić information content (AvgIpc) is 2.68. The van der Waals surface area contributed by atoms with Crippen LogP contribution in [0.1, 0.15) is 19.8 Å². The van der Waals surface area contributed by atoms with Crippen LogP contribution in [0.15, 0.2) is 59.1 Å². The number of nitrogens with one attached hydrogen (secondary N) is 2. The second kappa shape index (κ2) is 9.15. The summed E-state index contributed by atoms with van der Waals surface area (Å²) in [5, 5.41) is 5.93. The van der Waals surface area contributed by atoms with Crippen molar-refractivity contribution in [2.45, 2.75) is 25.8 Å². The predicted octanol–water partition coefficient (Wildman–Crippen LogP) is 4.13. The standard InChI is InChI=1S/C21H24BrN3O2/c1-15(20(26)24-19-11-5-8-17(22)13-19)25-12-6-7-16(14-25)21(27)23-18-9-3-2-4-10-18/h2-5,8-11,13,15-16H,6-7,12,14H2,1H3,(H,23,27)(H,24,26)/t15-,16+/m0/s1. The van der Waals surface area contributed by atoms with Gasteiger partial charge in [0.1, 0.15) is 0 Å². The van der Waals surface area contributed by atoms with E-state index in [0.717, 1.165) is 35.2 Å². The number of carbonyl (C=O) groups is 2. The minimum atomic E-state index is -0.295. The molecule has 1 heterocycles. The van der Waals surface area contributed by atoms with E-state index in [1.807, 2.05) is 61.5 Å². The number of hydrogen-bond donors (Lipinski definition) is 2. The minimum Gasteiger partial charge on any atom is -0.326 e. The quantitative estimate of drug-likeness (QED) is 0.750. The fourth-order valence-corrected chi connectivity index (χ4v) is 3.72. The van der Waals surface area contributed by atoms with Crippen LogP contribution in [-0.2, 0) is 9.59 Å². The zero-order chi connectivity index (χ0) is 19.2. The maximum Gasteiger partial charge on any atom is 0.241 e. The molecular weight excluding hydrogens is 406 g/mol. The van der Waals surface area contributed by atoms with Crippen molar-refractivity contribution in [3.8, 4) is 0 Å². The maximum absolute atomic E-state index is 12.6. The molecule has 3 rings (SSSR count). The first-order valence-corrected chi connectivity index (χ1v) is 9.98. The highest BCUT2D eigenvalue weighted by Gasteiger charge is 2.30. The van der Waals surface area contributed by atoms with Gasteiger partial charge in [0, 0.05) is 22.4 Å². The summed E-state index contributed by atoms with van der Waals surface area (Å²) in [6.07, 6.45) is 1.75. The molecule has 0 saturated carbocycles. The lowest BCUT2D eigenvalue weighted by Crippen LogP contribution is -2.49. The van der Waals surface area contributed by atoms with Crippen molar-refractivity contribution < 1.29 is 9.59 Å². The summed E-state index contributed by atoms with van der Waals surface area (Å²) < 4.78 is 0.920. The van der Waals surface area contributed by atoms with E-state index >= 15 is 0 Å². The Labute approximate surface area is 168 Å². The number of likely N-dealkylation sites (tertiary alicyclic amines) is 1. The topological polar surface area (TPSA) is 61.4 Å². The minimum absolute atomic E-state index is 0.0190. The molecule has 1 fully saturated rings. The van der Waals surface area contributed by atoms with Gasteiger partial charge in [0.25, 0.3) is 0 Å². The van der Waals surface area contributed by atoms with Gasteiger partial charge in [-0.2, -0.15) is 0 Å². The van der Waals surface area contributed by atoms with Crippen molar-refractivity contribution in [3.63, 3.8) is 0 Å². The lowest BCUT2D eigenvalue weighted by Gasteiger charge is -2.35. The van der Waals surface area contributed by atoms with Crippen molar-refractivity contribution >= 4 is 39.1 Å². The molecule has 0 aromatic heterocycles. The van der Waals surface area contributed by atoms with Crippen LogP contribution in [0.2, 0.25) is 0 Å². The van der Waals surface area contributed by atoms with Gasteiger partial charge in [-0.05, 0) is 56.6 Å². The molecule has 2 aromatic rings. The Balaban J connectivity index is 1.57. The Morgan fingerprint density at radius 2 is 1.81 bits per heavy atom. The number of halogens is 1. The molecular formula is C21H24BrN3O2. The molecule has 0 spiro atoms. The second-order valence-electron chi connectivity index (χ2n) is 6.86. The van der Waals surface area contributed by atoms with Crippen LogP contribution in [0.25, 0.3) is 0 Å². The second-order valence-corrected chi connectivity index (χ2v) is 7.78. The number of piperidine rings is 1. The van der Waals surface area contributed by atoms with Gasteiger partial charge in [0.05, 0.1) is 12.0 Å². The molecule has 1 aliphatic heterocycles. The van der Waals surface area contributed by atoms with E-state index in [1.54, 1.807) is 0 Å². The van der Waals surface area contributed by atoms with E-state index in [-0.39, 0.29) is 23.8 Å². The summed E-state index contributed by atoms with van der Waals surface area (Å²) in [6.45, 7) is 3.30. The van der Waals surface area contributed by atoms with E-state index in [0.29, 0.717) is 6.54 Å². The van der Waals surface area contributed by atoms with Gasteiger partial charge in [-0.3, -0.25) is 14.5 Å². The van der Waals surface area contributed by atoms with E-state index in [1.165, 1.54) is 0 Å². The normalized spacial score (nSPS) is 18.5. The average molecular weight is 430 g/mol. The summed E-state index contributed by atoms with van der Waals surface area (Å²) >= 11 is 3.41. The van der Waals surface area contributed by atoms with Gasteiger partial charge >= 0.3 is 0 Å². The van der Waals surface area contributed by atoms with Crippen molar-refractivity contribution in [2.75, 3.05) is 23.7 Å². The van der Waals surface area contributed by atoms with Gasteiger partial charge in [-0.15, -0.1) is 0 Å². The van der Waals surface area contributed by atoms with Crippen LogP contribution in [0.5, 0.6) is 0 Å². The van der Waals surface area contributed by atoms with Crippen LogP contribution in [0.3, 0.4) is 0 Å². The zero-order valence-electron chi connectivity index (χ0n) is 15.3. The highest BCUT2D eigenvalue weighted by molar-refractivity contribution is 9.10. The Morgan fingerprint density at radius 1 is 1.07 bits per heavy atom. The molecule has 0 aliphatic carbocycles. The number of amides is 2. The van der Waals surface area contributed by atoms with E-state index < -0.39 is 0 Å². The lowest BCUT2D eigenvalue weighted by molar-refractivity contribution is -0.125. The third kappa shape index (κ3) is 5.40. The van der Waals surface area contributed by atoms with Gasteiger partial charge in [-0.1, -0.05) is 40.2 Å². The Hall–Kier alpha value is -2.18. The van der Waals surface area contributed by atoms with Crippen LogP contribution >= 0.6 is 15.9 Å². The van der Waals surface area contributed by atoms with E-state index in [2.05, 4.69) is 31.5 Å². The highest BCUT2D eigenvalue weighted by atomic mass is 79.9. The molecule has 2 aromatic carbocycles. The summed E-state index contributed by atoms with van der Waals surface area (Å²) in [6, 6.07) is 16.7. The highest BCUT2D eigenvalue weighted by Crippen LogP contribution is 2.22. The van der Waals surface area contributed by atoms with Crippen LogP contribution < -0.4 is 10.6 Å². The molecule has 6 heteroatoms. The van der Waals surface area contributed by atoms with Crippen molar-refractivity contribution in [3.05, 3.63) is 59.1 Å². The molecule has 0 unspecified atom stereocenters. The Morgan fingerprint density at radius 3 is 2.56 bits per heavy atom. The third-order valence-electron chi connectivity index (χ3n) is 4.88. The maximum atomic E-state index is 12.6. The molecule has 1 saturated heterocycles. The molecule has 27 heavy (non-hydrogen) atoms. The smallest absolute Gasteiger partial charge is 0.241 e. The summed E-state index contributed by atoms with van der Waals surface area (Å²) in [4.78, 5) is 27.3. The number of benzene rings is 2. The summed E-state index contributed by atoms with van der Waals surface area (Å²) in [5.74, 6) is -0.150. The molecule has 1 aliphatic rings. The van der Waals surface area contributed by atoms with Gasteiger partial charge in [0.15, 0.2) is 0 Å². The Bertz CT molecular complexity index is 797. The molecule has 5 nitrogen and oxygen atoms in total. The first kappa shape index (κ1) is 19.6. The predicted molar refractivity (Wildman–Crippen MR) is 112 cm³/mol. The van der Waals surface area contributed by atoms with Crippen molar-refractivity contribution in [1.82, 2.24) is 4.90 Å². The monoisotopic (exact) mass is 429 g/mol. The molecule has 2 atom stereocenters. The molecule has 2 amide bonds. The third-order valence-corrected chi connectivity index (χ3v) is 5.38. The van der Waals surface area contributed by atoms with E-state index in [4.69, 9.17) is 0 Å². The fourth-order valence-electron chi connectivity index (χ4n) is 3.32. The number of carbonyl (C=O) groups excluding carboxylic acids is 2. The van der Waals surface area contributed by atoms with Crippen LogP contribution in [-0.4, -0.2) is 35.8 Å². The number of rotatable bonds is 5. The molecule has 0 bridgehead atoms. The van der Waals surface area contributed by atoms with Crippen LogP contribution in [0.4, 0.5) is 11.4 Å². The largest absolute Gasteiger partial charge is 0.326 e. The number of nitrogens with zero attached hydrogens (tertiary/aromatic N) is 1. The van der Waals surface area contributed by atoms with Gasteiger partial charge in [-0.25, -0.2) is 0 Å². The molecule has 0 radical (unpaired) electrons. The molecule has 142 valence electrons. The Kier molecular flexibility index (Phi) is 6.63. The number of hydrogen-bond acceptors (Lipinski definition) is 3. The van der Waals surface area contributed by atoms with E-state index in [9.17, 15) is 9.59 Å². The summed E-state index contributed by atoms with van der Waals surface area (Å²) in [7, 11) is 0. The van der Waals surface area contributed by atoms with Crippen molar-refractivity contribution in [2.24, 2.45) is 5.92 Å².